The van der Waals surface area contributed by atoms with E-state index in [2.05, 4.69) is 26.6 Å². The molecule has 1 atom stereocenters. The van der Waals surface area contributed by atoms with Crippen LogP contribution in [0.3, 0.4) is 0 Å². The largest absolute Gasteiger partial charge is 0.340 e. The normalized spacial score (nSPS) is 19.2. The molecule has 9 heteroatoms. The molecule has 1 aliphatic heterocycles. The molecule has 2 heterocycles. The van der Waals surface area contributed by atoms with Crippen LogP contribution in [0.5, 0.6) is 0 Å². The molecule has 0 aromatic carbocycles. The minimum Gasteiger partial charge on any atom is -0.340 e. The average Bonchev–Trinajstić information content (AvgIpc) is 3.14. The molecule has 0 spiro atoms. The Morgan fingerprint density at radius 2 is 1.71 bits per heavy atom. The Hall–Kier alpha value is -1.61. The second-order valence-corrected chi connectivity index (χ2v) is 9.86. The number of halogens is 1. The van der Waals surface area contributed by atoms with E-state index < -0.39 is 6.04 Å². The molecule has 2 N–H and O–H groups in total. The van der Waals surface area contributed by atoms with Gasteiger partial charge >= 0.3 is 6.03 Å². The molecule has 3 rings (SSSR count). The van der Waals surface area contributed by atoms with Crippen molar-refractivity contribution in [3.05, 3.63) is 20.8 Å². The molecule has 28 heavy (non-hydrogen) atoms. The molecule has 0 radical (unpaired) electrons. The van der Waals surface area contributed by atoms with Crippen molar-refractivity contribution in [1.82, 2.24) is 20.4 Å². The molecule has 1 aromatic heterocycles. The standard InChI is InChI=1S/C19H27BrN4O3S/c1-13(21-17(25)15-7-8-16(20)28-15)18(26)23-9-11-24(12-10-23)19(27)22-14-5-3-2-4-6-14/h7-8,13-14H,2-6,9-12H2,1H3,(H,21,25)(H,22,27). The van der Waals surface area contributed by atoms with E-state index in [1.54, 1.807) is 22.8 Å². The maximum Gasteiger partial charge on any atom is 0.317 e. The molecule has 1 aliphatic carbocycles. The zero-order valence-electron chi connectivity index (χ0n) is 16.1. The molecule has 0 bridgehead atoms. The molecule has 1 saturated heterocycles. The van der Waals surface area contributed by atoms with Gasteiger partial charge in [0.25, 0.3) is 5.91 Å². The van der Waals surface area contributed by atoms with E-state index in [-0.39, 0.29) is 23.9 Å². The minimum absolute atomic E-state index is 0.0244. The number of hydrogen-bond acceptors (Lipinski definition) is 4. The number of urea groups is 1. The summed E-state index contributed by atoms with van der Waals surface area (Å²) in [4.78, 5) is 41.4. The van der Waals surface area contributed by atoms with Crippen LogP contribution in [-0.4, -0.2) is 65.9 Å². The second kappa shape index (κ2) is 9.73. The first-order valence-corrected chi connectivity index (χ1v) is 11.5. The summed E-state index contributed by atoms with van der Waals surface area (Å²) in [5, 5.41) is 5.89. The fourth-order valence-corrected chi connectivity index (χ4v) is 4.97. The van der Waals surface area contributed by atoms with Gasteiger partial charge < -0.3 is 20.4 Å². The van der Waals surface area contributed by atoms with Crippen LogP contribution in [-0.2, 0) is 4.79 Å². The number of nitrogens with one attached hydrogen (secondary N) is 2. The van der Waals surface area contributed by atoms with Crippen molar-refractivity contribution in [3.63, 3.8) is 0 Å². The van der Waals surface area contributed by atoms with Gasteiger partial charge in [-0.3, -0.25) is 9.59 Å². The highest BCUT2D eigenvalue weighted by Gasteiger charge is 2.29. The SMILES string of the molecule is CC(NC(=O)c1ccc(Br)s1)C(=O)N1CCN(C(=O)NC2CCCCC2)CC1. The van der Waals surface area contributed by atoms with Gasteiger partial charge in [-0.1, -0.05) is 19.3 Å². The summed E-state index contributed by atoms with van der Waals surface area (Å²) >= 11 is 4.66. The predicted molar refractivity (Wildman–Crippen MR) is 113 cm³/mol. The van der Waals surface area contributed by atoms with Gasteiger partial charge in [-0.15, -0.1) is 11.3 Å². The fraction of sp³-hybridized carbons (Fsp3) is 0.632. The molecule has 4 amide bonds. The topological polar surface area (TPSA) is 81.8 Å². The van der Waals surface area contributed by atoms with Gasteiger partial charge in [0.2, 0.25) is 5.91 Å². The highest BCUT2D eigenvalue weighted by Crippen LogP contribution is 2.22. The van der Waals surface area contributed by atoms with Gasteiger partial charge in [0, 0.05) is 32.2 Å². The van der Waals surface area contributed by atoms with Crippen LogP contribution in [0.15, 0.2) is 15.9 Å². The highest BCUT2D eigenvalue weighted by atomic mass is 79.9. The number of rotatable bonds is 4. The summed E-state index contributed by atoms with van der Waals surface area (Å²) in [6.07, 6.45) is 5.73. The van der Waals surface area contributed by atoms with E-state index >= 15 is 0 Å². The van der Waals surface area contributed by atoms with Gasteiger partial charge in [0.1, 0.15) is 6.04 Å². The number of thiophene rings is 1. The summed E-state index contributed by atoms with van der Waals surface area (Å²) in [7, 11) is 0. The zero-order chi connectivity index (χ0) is 20.1. The first-order valence-electron chi connectivity index (χ1n) is 9.84. The van der Waals surface area contributed by atoms with E-state index in [9.17, 15) is 14.4 Å². The number of carbonyl (C=O) groups excluding carboxylic acids is 3. The number of carbonyl (C=O) groups is 3. The van der Waals surface area contributed by atoms with Crippen molar-refractivity contribution in [2.45, 2.75) is 51.1 Å². The Morgan fingerprint density at radius 1 is 1.07 bits per heavy atom. The van der Waals surface area contributed by atoms with Gasteiger partial charge in [-0.2, -0.15) is 0 Å². The first-order chi connectivity index (χ1) is 13.4. The van der Waals surface area contributed by atoms with Gasteiger partial charge in [-0.25, -0.2) is 4.79 Å². The number of hydrogen-bond donors (Lipinski definition) is 2. The zero-order valence-corrected chi connectivity index (χ0v) is 18.5. The maximum atomic E-state index is 12.6. The van der Waals surface area contributed by atoms with Crippen molar-refractivity contribution >= 4 is 45.1 Å². The van der Waals surface area contributed by atoms with E-state index in [0.29, 0.717) is 31.1 Å². The lowest BCUT2D eigenvalue weighted by Crippen LogP contribution is -2.57. The Balaban J connectivity index is 1.43. The van der Waals surface area contributed by atoms with Crippen LogP contribution in [0, 0.1) is 0 Å². The third-order valence-electron chi connectivity index (χ3n) is 5.33. The molecular weight excluding hydrogens is 444 g/mol. The van der Waals surface area contributed by atoms with E-state index in [4.69, 9.17) is 0 Å². The summed E-state index contributed by atoms with van der Waals surface area (Å²) < 4.78 is 0.874. The molecule has 2 fully saturated rings. The van der Waals surface area contributed by atoms with E-state index in [1.807, 2.05) is 6.07 Å². The summed E-state index contributed by atoms with van der Waals surface area (Å²) in [5.41, 5.74) is 0. The highest BCUT2D eigenvalue weighted by molar-refractivity contribution is 9.11. The van der Waals surface area contributed by atoms with Crippen molar-refractivity contribution in [2.24, 2.45) is 0 Å². The summed E-state index contributed by atoms with van der Waals surface area (Å²) in [6, 6.07) is 3.20. The van der Waals surface area contributed by atoms with Gasteiger partial charge in [0.15, 0.2) is 0 Å². The van der Waals surface area contributed by atoms with Crippen molar-refractivity contribution in [2.75, 3.05) is 26.2 Å². The van der Waals surface area contributed by atoms with Crippen molar-refractivity contribution in [3.8, 4) is 0 Å². The maximum absolute atomic E-state index is 12.6. The lowest BCUT2D eigenvalue weighted by atomic mass is 9.96. The third kappa shape index (κ3) is 5.47. The van der Waals surface area contributed by atoms with Gasteiger partial charge in [-0.05, 0) is 47.8 Å². The molecule has 2 aliphatic rings. The predicted octanol–water partition coefficient (Wildman–Crippen LogP) is 2.82. The van der Waals surface area contributed by atoms with Crippen LogP contribution < -0.4 is 10.6 Å². The Morgan fingerprint density at radius 3 is 2.32 bits per heavy atom. The second-order valence-electron chi connectivity index (χ2n) is 7.40. The Bertz CT molecular complexity index is 712. The number of nitrogens with zero attached hydrogens (tertiary/aromatic N) is 2. The van der Waals surface area contributed by atoms with E-state index in [1.165, 1.54) is 30.6 Å². The smallest absolute Gasteiger partial charge is 0.317 e. The quantitative estimate of drug-likeness (QED) is 0.709. The van der Waals surface area contributed by atoms with Crippen molar-refractivity contribution < 1.29 is 14.4 Å². The number of piperazine rings is 1. The lowest BCUT2D eigenvalue weighted by molar-refractivity contribution is -0.134. The number of amides is 4. The van der Waals surface area contributed by atoms with Crippen LogP contribution >= 0.6 is 27.3 Å². The minimum atomic E-state index is -0.601. The monoisotopic (exact) mass is 470 g/mol. The first kappa shape index (κ1) is 21.1. The Labute approximate surface area is 178 Å². The Kier molecular flexibility index (Phi) is 7.34. The molecule has 1 aromatic rings. The van der Waals surface area contributed by atoms with Crippen LogP contribution in [0.4, 0.5) is 4.79 Å². The molecule has 154 valence electrons. The third-order valence-corrected chi connectivity index (χ3v) is 6.95. The van der Waals surface area contributed by atoms with Gasteiger partial charge in [0.05, 0.1) is 8.66 Å². The van der Waals surface area contributed by atoms with Crippen LogP contribution in [0.25, 0.3) is 0 Å². The molecule has 7 nitrogen and oxygen atoms in total. The van der Waals surface area contributed by atoms with E-state index in [0.717, 1.165) is 16.6 Å². The average molecular weight is 471 g/mol. The van der Waals surface area contributed by atoms with Crippen molar-refractivity contribution in [1.29, 1.82) is 0 Å². The summed E-state index contributed by atoms with van der Waals surface area (Å²) in [5.74, 6) is -0.363. The van der Waals surface area contributed by atoms with Crippen LogP contribution in [0.1, 0.15) is 48.7 Å². The van der Waals surface area contributed by atoms with Crippen LogP contribution in [0.2, 0.25) is 0 Å². The molecule has 1 unspecified atom stereocenters. The molecule has 1 saturated carbocycles. The lowest BCUT2D eigenvalue weighted by Gasteiger charge is -2.37. The molecular formula is C19H27BrN4O3S. The fourth-order valence-electron chi connectivity index (χ4n) is 3.68. The summed E-state index contributed by atoms with van der Waals surface area (Å²) in [6.45, 7) is 3.71.